The van der Waals surface area contributed by atoms with Crippen LogP contribution < -0.4 is 14.8 Å². The molecule has 32 heavy (non-hydrogen) atoms. The molecular weight excluding hydrogens is 426 g/mol. The Balaban J connectivity index is 1.39. The van der Waals surface area contributed by atoms with Gasteiger partial charge in [0.25, 0.3) is 15.9 Å². The number of sulfonamides is 1. The van der Waals surface area contributed by atoms with Crippen LogP contribution in [0, 0.1) is 0 Å². The van der Waals surface area contributed by atoms with Gasteiger partial charge in [0, 0.05) is 11.9 Å². The van der Waals surface area contributed by atoms with Gasteiger partial charge < -0.3 is 10.1 Å². The molecule has 0 unspecified atom stereocenters. The van der Waals surface area contributed by atoms with E-state index in [2.05, 4.69) is 15.0 Å². The molecule has 0 fully saturated rings. The standard InChI is InChI=1S/C24H21N3O4S/c1-17(31-21-12-9-18-6-2-3-7-19(18)16-21)24(28)26-20-10-13-22(14-11-20)32(29,30)27-23-8-4-5-15-25-23/h2-17H,1H3,(H,25,27)(H,26,28)/t17-/m0/s1. The number of amides is 1. The molecule has 1 aromatic heterocycles. The van der Waals surface area contributed by atoms with Crippen LogP contribution in [-0.4, -0.2) is 25.4 Å². The molecule has 0 spiro atoms. The molecule has 0 saturated heterocycles. The quantitative estimate of drug-likeness (QED) is 0.436. The van der Waals surface area contributed by atoms with Crippen molar-refractivity contribution in [3.8, 4) is 5.75 Å². The molecule has 162 valence electrons. The third kappa shape index (κ3) is 5.04. The number of anilines is 2. The number of benzene rings is 3. The fourth-order valence-electron chi connectivity index (χ4n) is 3.08. The summed E-state index contributed by atoms with van der Waals surface area (Å²) in [6.45, 7) is 1.65. The van der Waals surface area contributed by atoms with Gasteiger partial charge >= 0.3 is 0 Å². The van der Waals surface area contributed by atoms with Crippen molar-refractivity contribution in [2.75, 3.05) is 10.0 Å². The topological polar surface area (TPSA) is 97.4 Å². The highest BCUT2D eigenvalue weighted by molar-refractivity contribution is 7.92. The van der Waals surface area contributed by atoms with Crippen molar-refractivity contribution in [2.24, 2.45) is 0 Å². The fraction of sp³-hybridized carbons (Fsp3) is 0.0833. The molecule has 8 heteroatoms. The van der Waals surface area contributed by atoms with Crippen LogP contribution in [0.1, 0.15) is 6.92 Å². The molecule has 7 nitrogen and oxygen atoms in total. The SMILES string of the molecule is C[C@H](Oc1ccc2ccccc2c1)C(=O)Nc1ccc(S(=O)(=O)Nc2ccccn2)cc1. The Labute approximate surface area is 186 Å². The summed E-state index contributed by atoms with van der Waals surface area (Å²) in [5.41, 5.74) is 0.459. The van der Waals surface area contributed by atoms with E-state index >= 15 is 0 Å². The highest BCUT2D eigenvalue weighted by atomic mass is 32.2. The van der Waals surface area contributed by atoms with Gasteiger partial charge in [-0.3, -0.25) is 9.52 Å². The van der Waals surface area contributed by atoms with Crippen molar-refractivity contribution in [1.29, 1.82) is 0 Å². The molecule has 3 aromatic carbocycles. The normalized spacial score (nSPS) is 12.2. The van der Waals surface area contributed by atoms with E-state index in [0.29, 0.717) is 11.4 Å². The minimum Gasteiger partial charge on any atom is -0.481 e. The maximum atomic E-state index is 12.5. The maximum Gasteiger partial charge on any atom is 0.265 e. The predicted octanol–water partition coefficient (Wildman–Crippen LogP) is 4.44. The number of carbonyl (C=O) groups is 1. The van der Waals surface area contributed by atoms with Gasteiger partial charge in [-0.15, -0.1) is 0 Å². The van der Waals surface area contributed by atoms with E-state index < -0.39 is 16.1 Å². The number of nitrogens with one attached hydrogen (secondary N) is 2. The van der Waals surface area contributed by atoms with E-state index in [9.17, 15) is 13.2 Å². The van der Waals surface area contributed by atoms with Crippen molar-refractivity contribution in [3.63, 3.8) is 0 Å². The van der Waals surface area contributed by atoms with Crippen LogP contribution in [0.5, 0.6) is 5.75 Å². The van der Waals surface area contributed by atoms with Gasteiger partial charge in [0.2, 0.25) is 0 Å². The van der Waals surface area contributed by atoms with E-state index in [1.165, 1.54) is 30.5 Å². The van der Waals surface area contributed by atoms with Crippen molar-refractivity contribution in [3.05, 3.63) is 91.1 Å². The zero-order valence-electron chi connectivity index (χ0n) is 17.2. The summed E-state index contributed by atoms with van der Waals surface area (Å²) >= 11 is 0. The monoisotopic (exact) mass is 447 g/mol. The number of pyridine rings is 1. The van der Waals surface area contributed by atoms with Crippen molar-refractivity contribution < 1.29 is 17.9 Å². The number of aromatic nitrogens is 1. The molecule has 0 saturated carbocycles. The van der Waals surface area contributed by atoms with E-state index in [-0.39, 0.29) is 16.6 Å². The number of hydrogen-bond donors (Lipinski definition) is 2. The number of carbonyl (C=O) groups excluding carboxylic acids is 1. The van der Waals surface area contributed by atoms with Crippen molar-refractivity contribution >= 4 is 38.2 Å². The maximum absolute atomic E-state index is 12.5. The van der Waals surface area contributed by atoms with Gasteiger partial charge in [-0.2, -0.15) is 0 Å². The first-order valence-corrected chi connectivity index (χ1v) is 11.4. The largest absolute Gasteiger partial charge is 0.481 e. The molecular formula is C24H21N3O4S. The first kappa shape index (κ1) is 21.3. The molecule has 0 bridgehead atoms. The Morgan fingerprint density at radius 1 is 0.906 bits per heavy atom. The molecule has 4 rings (SSSR count). The van der Waals surface area contributed by atoms with Crippen LogP contribution in [0.4, 0.5) is 11.5 Å². The van der Waals surface area contributed by atoms with E-state index in [1.54, 1.807) is 25.1 Å². The summed E-state index contributed by atoms with van der Waals surface area (Å²) in [5.74, 6) is 0.471. The lowest BCUT2D eigenvalue weighted by atomic mass is 10.1. The van der Waals surface area contributed by atoms with Crippen LogP contribution in [0.2, 0.25) is 0 Å². The van der Waals surface area contributed by atoms with Crippen LogP contribution >= 0.6 is 0 Å². The third-order valence-electron chi connectivity index (χ3n) is 4.74. The third-order valence-corrected chi connectivity index (χ3v) is 6.11. The Morgan fingerprint density at radius 3 is 2.34 bits per heavy atom. The molecule has 1 atom stereocenters. The summed E-state index contributed by atoms with van der Waals surface area (Å²) < 4.78 is 33.1. The minimum absolute atomic E-state index is 0.0571. The number of hydrogen-bond acceptors (Lipinski definition) is 5. The van der Waals surface area contributed by atoms with Crippen LogP contribution in [0.3, 0.4) is 0 Å². The van der Waals surface area contributed by atoms with E-state index in [1.807, 2.05) is 42.5 Å². The first-order chi connectivity index (χ1) is 15.4. The Bertz CT molecular complexity index is 1340. The summed E-state index contributed by atoms with van der Waals surface area (Å²) in [5, 5.41) is 4.85. The number of rotatable bonds is 7. The molecule has 1 heterocycles. The zero-order chi connectivity index (χ0) is 22.6. The van der Waals surface area contributed by atoms with Gasteiger partial charge in [-0.1, -0.05) is 36.4 Å². The van der Waals surface area contributed by atoms with Crippen molar-refractivity contribution in [2.45, 2.75) is 17.9 Å². The number of fused-ring (bicyclic) bond motifs is 1. The molecule has 1 amide bonds. The lowest BCUT2D eigenvalue weighted by Gasteiger charge is -2.15. The second kappa shape index (κ2) is 9.07. The van der Waals surface area contributed by atoms with Gasteiger partial charge in [0.05, 0.1) is 4.90 Å². The smallest absolute Gasteiger partial charge is 0.265 e. The Hall–Kier alpha value is -3.91. The van der Waals surface area contributed by atoms with E-state index in [0.717, 1.165) is 10.8 Å². The predicted molar refractivity (Wildman–Crippen MR) is 124 cm³/mol. The minimum atomic E-state index is -3.78. The highest BCUT2D eigenvalue weighted by Gasteiger charge is 2.17. The van der Waals surface area contributed by atoms with Gasteiger partial charge in [-0.25, -0.2) is 13.4 Å². The Kier molecular flexibility index (Phi) is 6.04. The molecule has 4 aromatic rings. The van der Waals surface area contributed by atoms with Crippen LogP contribution in [0.15, 0.2) is 96.0 Å². The number of ether oxygens (including phenoxy) is 1. The van der Waals surface area contributed by atoms with Crippen molar-refractivity contribution in [1.82, 2.24) is 4.98 Å². The van der Waals surface area contributed by atoms with Gasteiger partial charge in [0.1, 0.15) is 11.6 Å². The summed E-state index contributed by atoms with van der Waals surface area (Å²) in [4.78, 5) is 16.5. The van der Waals surface area contributed by atoms with Gasteiger partial charge in [-0.05, 0) is 66.2 Å². The molecule has 0 aliphatic rings. The average molecular weight is 448 g/mol. The highest BCUT2D eigenvalue weighted by Crippen LogP contribution is 2.22. The van der Waals surface area contributed by atoms with Gasteiger partial charge in [0.15, 0.2) is 6.10 Å². The molecule has 2 N–H and O–H groups in total. The number of nitrogens with zero attached hydrogens (tertiary/aromatic N) is 1. The summed E-state index contributed by atoms with van der Waals surface area (Å²) in [6.07, 6.45) is 0.753. The first-order valence-electron chi connectivity index (χ1n) is 9.91. The zero-order valence-corrected chi connectivity index (χ0v) is 18.0. The van der Waals surface area contributed by atoms with Crippen LogP contribution in [0.25, 0.3) is 10.8 Å². The average Bonchev–Trinajstić information content (AvgIpc) is 2.79. The molecule has 0 aliphatic heterocycles. The lowest BCUT2D eigenvalue weighted by Crippen LogP contribution is -2.30. The second-order valence-electron chi connectivity index (χ2n) is 7.10. The van der Waals surface area contributed by atoms with Crippen LogP contribution in [-0.2, 0) is 14.8 Å². The Morgan fingerprint density at radius 2 is 1.62 bits per heavy atom. The molecule has 0 radical (unpaired) electrons. The molecule has 0 aliphatic carbocycles. The second-order valence-corrected chi connectivity index (χ2v) is 8.79. The van der Waals surface area contributed by atoms with E-state index in [4.69, 9.17) is 4.74 Å². The summed E-state index contributed by atoms with van der Waals surface area (Å²) in [7, 11) is -3.78. The lowest BCUT2D eigenvalue weighted by molar-refractivity contribution is -0.122. The summed E-state index contributed by atoms with van der Waals surface area (Å²) in [6, 6.07) is 24.3. The fourth-order valence-corrected chi connectivity index (χ4v) is 4.09.